The second kappa shape index (κ2) is 7.99. The number of nitrogens with one attached hydrogen (secondary N) is 2. The molecule has 2 aliphatic rings. The quantitative estimate of drug-likeness (QED) is 0.668. The van der Waals surface area contributed by atoms with Crippen LogP contribution in [0.5, 0.6) is 0 Å². The van der Waals surface area contributed by atoms with E-state index < -0.39 is 0 Å². The van der Waals surface area contributed by atoms with Gasteiger partial charge >= 0.3 is 0 Å². The third-order valence-electron chi connectivity index (χ3n) is 5.37. The van der Waals surface area contributed by atoms with Crippen LogP contribution in [0.3, 0.4) is 0 Å². The number of aromatic nitrogens is 2. The van der Waals surface area contributed by atoms with Gasteiger partial charge < -0.3 is 10.6 Å². The van der Waals surface area contributed by atoms with Gasteiger partial charge in [0.15, 0.2) is 5.82 Å². The van der Waals surface area contributed by atoms with Crippen molar-refractivity contribution < 1.29 is 4.84 Å². The lowest BCUT2D eigenvalue weighted by Gasteiger charge is -2.25. The van der Waals surface area contributed by atoms with Crippen molar-refractivity contribution in [1.29, 1.82) is 0 Å². The number of anilines is 3. The third kappa shape index (κ3) is 3.79. The SMILES string of the molecule is Clc1cnc(Nc2ccc3c(c2)CCNC3)nc1N1OCC[C@H]1c1ccccc1. The lowest BCUT2D eigenvalue weighted by atomic mass is 10.0. The number of fused-ring (bicyclic) bond motifs is 1. The maximum atomic E-state index is 6.45. The summed E-state index contributed by atoms with van der Waals surface area (Å²) in [4.78, 5) is 14.9. The van der Waals surface area contributed by atoms with E-state index in [1.54, 1.807) is 6.20 Å². The summed E-state index contributed by atoms with van der Waals surface area (Å²) in [5, 5.41) is 8.99. The summed E-state index contributed by atoms with van der Waals surface area (Å²) in [6, 6.07) is 16.7. The molecule has 0 amide bonds. The molecule has 3 aromatic rings. The fourth-order valence-electron chi connectivity index (χ4n) is 3.91. The molecule has 2 aliphatic heterocycles. The van der Waals surface area contributed by atoms with Crippen molar-refractivity contribution in [2.45, 2.75) is 25.4 Å². The van der Waals surface area contributed by atoms with Gasteiger partial charge in [-0.3, -0.25) is 4.84 Å². The van der Waals surface area contributed by atoms with Crippen LogP contribution in [0.15, 0.2) is 54.7 Å². The molecule has 7 heteroatoms. The van der Waals surface area contributed by atoms with Crippen molar-refractivity contribution >= 4 is 29.1 Å². The van der Waals surface area contributed by atoms with Gasteiger partial charge in [0.25, 0.3) is 0 Å². The summed E-state index contributed by atoms with van der Waals surface area (Å²) in [6.45, 7) is 2.55. The van der Waals surface area contributed by atoms with E-state index in [2.05, 4.69) is 50.9 Å². The number of nitrogens with zero attached hydrogens (tertiary/aromatic N) is 3. The van der Waals surface area contributed by atoms with Crippen LogP contribution in [0.2, 0.25) is 5.02 Å². The summed E-state index contributed by atoms with van der Waals surface area (Å²) in [6.07, 6.45) is 3.53. The van der Waals surface area contributed by atoms with E-state index >= 15 is 0 Å². The van der Waals surface area contributed by atoms with Crippen molar-refractivity contribution in [2.24, 2.45) is 0 Å². The second-order valence-electron chi connectivity index (χ2n) is 7.27. The monoisotopic (exact) mass is 407 g/mol. The van der Waals surface area contributed by atoms with Gasteiger partial charge in [-0.25, -0.2) is 10.0 Å². The highest BCUT2D eigenvalue weighted by Crippen LogP contribution is 2.37. The summed E-state index contributed by atoms with van der Waals surface area (Å²) in [5.74, 6) is 1.08. The molecular weight excluding hydrogens is 386 g/mol. The standard InChI is InChI=1S/C22H22ClN5O/c23-19-14-25-22(26-18-7-6-17-13-24-10-8-16(17)12-18)27-21(19)28-20(9-11-29-28)15-4-2-1-3-5-15/h1-7,12,14,20,24H,8-11,13H2,(H,25,26,27)/t20-/m0/s1. The van der Waals surface area contributed by atoms with Gasteiger partial charge in [0.2, 0.25) is 5.95 Å². The van der Waals surface area contributed by atoms with Crippen molar-refractivity contribution in [2.75, 3.05) is 23.5 Å². The Kier molecular flexibility index (Phi) is 5.06. The maximum Gasteiger partial charge on any atom is 0.229 e. The van der Waals surface area contributed by atoms with E-state index in [9.17, 15) is 0 Å². The molecule has 0 saturated carbocycles. The second-order valence-corrected chi connectivity index (χ2v) is 7.68. The smallest absolute Gasteiger partial charge is 0.229 e. The van der Waals surface area contributed by atoms with Crippen LogP contribution in [0.4, 0.5) is 17.5 Å². The van der Waals surface area contributed by atoms with Crippen molar-refractivity contribution in [3.63, 3.8) is 0 Å². The summed E-state index contributed by atoms with van der Waals surface area (Å²) >= 11 is 6.45. The third-order valence-corrected chi connectivity index (χ3v) is 5.64. The molecule has 1 aromatic heterocycles. The van der Waals surface area contributed by atoms with Crippen LogP contribution in [-0.4, -0.2) is 23.1 Å². The minimum absolute atomic E-state index is 0.0766. The lowest BCUT2D eigenvalue weighted by molar-refractivity contribution is 0.157. The highest BCUT2D eigenvalue weighted by atomic mass is 35.5. The molecule has 2 N–H and O–H groups in total. The van der Waals surface area contributed by atoms with Gasteiger partial charge in [-0.2, -0.15) is 4.98 Å². The van der Waals surface area contributed by atoms with E-state index in [1.807, 2.05) is 23.3 Å². The molecule has 0 unspecified atom stereocenters. The van der Waals surface area contributed by atoms with Gasteiger partial charge in [-0.05, 0) is 41.8 Å². The summed E-state index contributed by atoms with van der Waals surface area (Å²) in [5.41, 5.74) is 4.85. The minimum atomic E-state index is 0.0766. The molecule has 2 aromatic carbocycles. The minimum Gasteiger partial charge on any atom is -0.324 e. The number of hydroxylamine groups is 1. The zero-order valence-corrected chi connectivity index (χ0v) is 16.7. The molecular formula is C22H22ClN5O. The zero-order chi connectivity index (χ0) is 19.6. The van der Waals surface area contributed by atoms with E-state index in [0.29, 0.717) is 23.4 Å². The Labute approximate surface area is 174 Å². The van der Waals surface area contributed by atoms with Crippen LogP contribution < -0.4 is 15.7 Å². The first-order valence-corrected chi connectivity index (χ1v) is 10.2. The largest absolute Gasteiger partial charge is 0.324 e. The number of hydrogen-bond acceptors (Lipinski definition) is 6. The average Bonchev–Trinajstić information content (AvgIpc) is 3.25. The van der Waals surface area contributed by atoms with E-state index in [1.165, 1.54) is 16.7 Å². The van der Waals surface area contributed by atoms with E-state index in [4.69, 9.17) is 16.4 Å². The molecule has 0 bridgehead atoms. The molecule has 29 heavy (non-hydrogen) atoms. The van der Waals surface area contributed by atoms with E-state index in [0.717, 1.165) is 31.6 Å². The van der Waals surface area contributed by atoms with Gasteiger partial charge in [0, 0.05) is 18.7 Å². The van der Waals surface area contributed by atoms with Crippen LogP contribution >= 0.6 is 11.6 Å². The molecule has 0 radical (unpaired) electrons. The van der Waals surface area contributed by atoms with Gasteiger partial charge in [0.1, 0.15) is 5.02 Å². The number of benzene rings is 2. The van der Waals surface area contributed by atoms with Gasteiger partial charge in [-0.1, -0.05) is 48.0 Å². The molecule has 1 saturated heterocycles. The van der Waals surface area contributed by atoms with E-state index in [-0.39, 0.29) is 6.04 Å². The Morgan fingerprint density at radius 3 is 2.93 bits per heavy atom. The fraction of sp³-hybridized carbons (Fsp3) is 0.273. The highest BCUT2D eigenvalue weighted by molar-refractivity contribution is 6.32. The Hall–Kier alpha value is -2.67. The number of halogens is 1. The molecule has 148 valence electrons. The molecule has 1 atom stereocenters. The normalized spacial score (nSPS) is 18.5. The Balaban J connectivity index is 1.42. The average molecular weight is 408 g/mol. The molecule has 1 fully saturated rings. The summed E-state index contributed by atoms with van der Waals surface area (Å²) < 4.78 is 0. The Morgan fingerprint density at radius 1 is 1.14 bits per heavy atom. The predicted octanol–water partition coefficient (Wildman–Crippen LogP) is 4.40. The predicted molar refractivity (Wildman–Crippen MR) is 114 cm³/mol. The lowest BCUT2D eigenvalue weighted by Crippen LogP contribution is -2.23. The topological polar surface area (TPSA) is 62.3 Å². The molecule has 5 rings (SSSR count). The Bertz CT molecular complexity index is 1010. The highest BCUT2D eigenvalue weighted by Gasteiger charge is 2.30. The van der Waals surface area contributed by atoms with Crippen LogP contribution in [0.1, 0.15) is 29.2 Å². The van der Waals surface area contributed by atoms with Crippen molar-refractivity contribution in [1.82, 2.24) is 15.3 Å². The molecule has 0 spiro atoms. The van der Waals surface area contributed by atoms with Gasteiger partial charge in [-0.15, -0.1) is 0 Å². The van der Waals surface area contributed by atoms with Crippen molar-refractivity contribution in [3.05, 3.63) is 76.4 Å². The van der Waals surface area contributed by atoms with Crippen LogP contribution in [-0.2, 0) is 17.8 Å². The van der Waals surface area contributed by atoms with Crippen LogP contribution in [0, 0.1) is 0 Å². The number of hydrogen-bond donors (Lipinski definition) is 2. The molecule has 6 nitrogen and oxygen atoms in total. The van der Waals surface area contributed by atoms with Gasteiger partial charge in [0.05, 0.1) is 18.8 Å². The first-order chi connectivity index (χ1) is 14.3. The zero-order valence-electron chi connectivity index (χ0n) is 15.9. The first kappa shape index (κ1) is 18.4. The van der Waals surface area contributed by atoms with Crippen molar-refractivity contribution in [3.8, 4) is 0 Å². The summed E-state index contributed by atoms with van der Waals surface area (Å²) in [7, 11) is 0. The number of rotatable bonds is 4. The fourth-order valence-corrected chi connectivity index (χ4v) is 4.09. The molecule has 0 aliphatic carbocycles. The Morgan fingerprint density at radius 2 is 2.03 bits per heavy atom. The van der Waals surface area contributed by atoms with Crippen LogP contribution in [0.25, 0.3) is 0 Å². The maximum absolute atomic E-state index is 6.45. The molecule has 3 heterocycles. The first-order valence-electron chi connectivity index (χ1n) is 9.87.